The molecule has 5 rings (SSSR count). The van der Waals surface area contributed by atoms with Gasteiger partial charge in [-0.2, -0.15) is 0 Å². The minimum Gasteiger partial charge on any atom is -0.378 e. The number of amides is 1. The third-order valence-corrected chi connectivity index (χ3v) is 6.77. The van der Waals surface area contributed by atoms with Gasteiger partial charge in [0.05, 0.1) is 23.4 Å². The lowest BCUT2D eigenvalue weighted by molar-refractivity contribution is 0.102. The molecular weight excluding hydrogens is 398 g/mol. The van der Waals surface area contributed by atoms with Crippen molar-refractivity contribution in [3.05, 3.63) is 40.3 Å². The Bertz CT molecular complexity index is 1120. The van der Waals surface area contributed by atoms with Crippen molar-refractivity contribution in [2.45, 2.75) is 11.7 Å². The number of hydrogen-bond donors (Lipinski definition) is 1. The van der Waals surface area contributed by atoms with E-state index < -0.39 is 5.91 Å². The van der Waals surface area contributed by atoms with Crippen LogP contribution < -0.4 is 15.8 Å². The molecule has 0 radical (unpaired) electrons. The number of thioether (sulfide) groups is 1. The van der Waals surface area contributed by atoms with Crippen LogP contribution in [-0.4, -0.2) is 52.5 Å². The predicted octanol–water partition coefficient (Wildman–Crippen LogP) is 2.05. The fourth-order valence-electron chi connectivity index (χ4n) is 3.25. The zero-order chi connectivity index (χ0) is 19.1. The van der Waals surface area contributed by atoms with E-state index in [2.05, 4.69) is 20.2 Å². The Morgan fingerprint density at radius 1 is 1.21 bits per heavy atom. The molecule has 0 spiro atoms. The maximum absolute atomic E-state index is 12.6. The van der Waals surface area contributed by atoms with Crippen LogP contribution in [0.2, 0.25) is 0 Å². The van der Waals surface area contributed by atoms with Crippen LogP contribution in [0.5, 0.6) is 0 Å². The van der Waals surface area contributed by atoms with Crippen LogP contribution >= 0.6 is 23.1 Å². The van der Waals surface area contributed by atoms with Gasteiger partial charge in [-0.3, -0.25) is 14.2 Å². The maximum atomic E-state index is 12.6. The van der Waals surface area contributed by atoms with Gasteiger partial charge in [-0.1, -0.05) is 23.1 Å². The molecule has 1 amide bonds. The number of anilines is 2. The summed E-state index contributed by atoms with van der Waals surface area (Å²) in [6, 6.07) is 5.58. The molecule has 0 aliphatic carbocycles. The van der Waals surface area contributed by atoms with E-state index in [9.17, 15) is 9.59 Å². The summed E-state index contributed by atoms with van der Waals surface area (Å²) >= 11 is 3.11. The fourth-order valence-corrected chi connectivity index (χ4v) is 5.22. The monoisotopic (exact) mass is 415 g/mol. The topological polar surface area (TPSA) is 89.3 Å². The van der Waals surface area contributed by atoms with Gasteiger partial charge in [0.25, 0.3) is 11.5 Å². The molecule has 10 heteroatoms. The minimum absolute atomic E-state index is 0.0599. The predicted molar refractivity (Wildman–Crippen MR) is 110 cm³/mol. The van der Waals surface area contributed by atoms with E-state index in [1.807, 2.05) is 12.1 Å². The molecule has 8 nitrogen and oxygen atoms in total. The Labute approximate surface area is 168 Å². The quantitative estimate of drug-likeness (QED) is 0.655. The minimum atomic E-state index is -0.443. The van der Waals surface area contributed by atoms with Crippen LogP contribution in [0.15, 0.2) is 34.3 Å². The van der Waals surface area contributed by atoms with Gasteiger partial charge in [-0.25, -0.2) is 9.97 Å². The summed E-state index contributed by atoms with van der Waals surface area (Å²) in [6.45, 7) is 3.66. The standard InChI is InChI=1S/C18H17N5O3S2/c24-15(12-10-19-17-23(16(12)25)5-8-27-17)20-11-1-2-13-14(9-11)28-18(21-13)22-3-6-26-7-4-22/h1-2,9-10H,3-8H2,(H,20,24). The molecule has 0 saturated carbocycles. The number of nitrogens with one attached hydrogen (secondary N) is 1. The van der Waals surface area contributed by atoms with Crippen molar-refractivity contribution in [1.82, 2.24) is 14.5 Å². The highest BCUT2D eigenvalue weighted by atomic mass is 32.2. The largest absolute Gasteiger partial charge is 0.378 e. The van der Waals surface area contributed by atoms with Gasteiger partial charge < -0.3 is 15.0 Å². The van der Waals surface area contributed by atoms with Crippen LogP contribution in [0.25, 0.3) is 10.2 Å². The molecule has 1 aromatic carbocycles. The van der Waals surface area contributed by atoms with E-state index in [4.69, 9.17) is 4.74 Å². The molecule has 3 aromatic rings. The summed E-state index contributed by atoms with van der Waals surface area (Å²) in [5, 5.41) is 4.45. The van der Waals surface area contributed by atoms with Gasteiger partial charge in [0.2, 0.25) is 0 Å². The van der Waals surface area contributed by atoms with Gasteiger partial charge in [0, 0.05) is 37.3 Å². The zero-order valence-corrected chi connectivity index (χ0v) is 16.5. The molecule has 2 aromatic heterocycles. The van der Waals surface area contributed by atoms with Crippen molar-refractivity contribution in [2.24, 2.45) is 0 Å². The summed E-state index contributed by atoms with van der Waals surface area (Å²) in [5.41, 5.74) is 1.29. The summed E-state index contributed by atoms with van der Waals surface area (Å²) in [6.07, 6.45) is 1.36. The molecule has 144 valence electrons. The second-order valence-corrected chi connectivity index (χ2v) is 8.56. The van der Waals surface area contributed by atoms with E-state index >= 15 is 0 Å². The van der Waals surface area contributed by atoms with Crippen LogP contribution in [-0.2, 0) is 11.3 Å². The molecular formula is C18H17N5O3S2. The summed E-state index contributed by atoms with van der Waals surface area (Å²) in [5.74, 6) is 0.364. The van der Waals surface area contributed by atoms with E-state index in [1.165, 1.54) is 18.0 Å². The van der Waals surface area contributed by atoms with E-state index in [0.29, 0.717) is 30.6 Å². The van der Waals surface area contributed by atoms with Crippen molar-refractivity contribution in [3.63, 3.8) is 0 Å². The Morgan fingerprint density at radius 3 is 2.93 bits per heavy atom. The zero-order valence-electron chi connectivity index (χ0n) is 14.9. The number of hydrogen-bond acceptors (Lipinski definition) is 8. The lowest BCUT2D eigenvalue weighted by atomic mass is 10.2. The van der Waals surface area contributed by atoms with Crippen LogP contribution in [0.1, 0.15) is 10.4 Å². The first-order valence-corrected chi connectivity index (χ1v) is 10.8. The second kappa shape index (κ2) is 7.19. The molecule has 0 atom stereocenters. The third kappa shape index (κ3) is 3.17. The molecule has 1 fully saturated rings. The number of carbonyl (C=O) groups excluding carboxylic acids is 1. The molecule has 0 bridgehead atoms. The normalized spacial score (nSPS) is 16.4. The van der Waals surface area contributed by atoms with Gasteiger partial charge in [0.1, 0.15) is 5.56 Å². The average Bonchev–Trinajstić information content (AvgIpc) is 3.35. The summed E-state index contributed by atoms with van der Waals surface area (Å²) < 4.78 is 7.93. The van der Waals surface area contributed by atoms with E-state index in [-0.39, 0.29) is 11.1 Å². The number of aromatic nitrogens is 3. The van der Waals surface area contributed by atoms with E-state index in [0.717, 1.165) is 34.2 Å². The molecule has 0 unspecified atom stereocenters. The highest BCUT2D eigenvalue weighted by Gasteiger charge is 2.20. The van der Waals surface area contributed by atoms with Crippen LogP contribution in [0.4, 0.5) is 10.8 Å². The number of fused-ring (bicyclic) bond motifs is 2. The van der Waals surface area contributed by atoms with Crippen molar-refractivity contribution < 1.29 is 9.53 Å². The molecule has 4 heterocycles. The Balaban J connectivity index is 1.39. The molecule has 28 heavy (non-hydrogen) atoms. The molecule has 1 N–H and O–H groups in total. The van der Waals surface area contributed by atoms with Crippen molar-refractivity contribution in [2.75, 3.05) is 42.3 Å². The first-order valence-electron chi connectivity index (χ1n) is 8.96. The van der Waals surface area contributed by atoms with Gasteiger partial charge in [-0.15, -0.1) is 0 Å². The number of thiazole rings is 1. The Hall–Kier alpha value is -2.43. The maximum Gasteiger partial charge on any atom is 0.267 e. The number of morpholine rings is 1. The Morgan fingerprint density at radius 2 is 2.07 bits per heavy atom. The van der Waals surface area contributed by atoms with Crippen LogP contribution in [0.3, 0.4) is 0 Å². The van der Waals surface area contributed by atoms with Gasteiger partial charge >= 0.3 is 0 Å². The summed E-state index contributed by atoms with van der Waals surface area (Å²) in [4.78, 5) is 36.2. The first-order chi connectivity index (χ1) is 13.7. The van der Waals surface area contributed by atoms with Gasteiger partial charge in [0.15, 0.2) is 10.3 Å². The number of rotatable bonds is 3. The van der Waals surface area contributed by atoms with Crippen LogP contribution in [0, 0.1) is 0 Å². The molecule has 2 aliphatic heterocycles. The highest BCUT2D eigenvalue weighted by Crippen LogP contribution is 2.31. The van der Waals surface area contributed by atoms with Crippen molar-refractivity contribution >= 4 is 50.0 Å². The lowest BCUT2D eigenvalue weighted by Crippen LogP contribution is -2.36. The second-order valence-electron chi connectivity index (χ2n) is 6.49. The fraction of sp³-hybridized carbons (Fsp3) is 0.333. The first kappa shape index (κ1) is 17.7. The highest BCUT2D eigenvalue weighted by molar-refractivity contribution is 7.99. The number of carbonyl (C=O) groups is 1. The smallest absolute Gasteiger partial charge is 0.267 e. The lowest BCUT2D eigenvalue weighted by Gasteiger charge is -2.25. The Kier molecular flexibility index (Phi) is 4.53. The molecule has 2 aliphatic rings. The van der Waals surface area contributed by atoms with Crippen molar-refractivity contribution in [1.29, 1.82) is 0 Å². The molecule has 1 saturated heterocycles. The number of ether oxygens (including phenoxy) is 1. The average molecular weight is 416 g/mol. The number of benzene rings is 1. The van der Waals surface area contributed by atoms with Gasteiger partial charge in [-0.05, 0) is 18.2 Å². The third-order valence-electron chi connectivity index (χ3n) is 4.72. The summed E-state index contributed by atoms with van der Waals surface area (Å²) in [7, 11) is 0. The SMILES string of the molecule is O=C(Nc1ccc2nc(N3CCOCC3)sc2c1)c1cnc2n(c1=O)CCS2. The van der Waals surface area contributed by atoms with Crippen molar-refractivity contribution in [3.8, 4) is 0 Å². The number of nitrogens with zero attached hydrogens (tertiary/aromatic N) is 4. The van der Waals surface area contributed by atoms with E-state index in [1.54, 1.807) is 22.0 Å².